The van der Waals surface area contributed by atoms with Crippen LogP contribution in [-0.2, 0) is 12.7 Å². The van der Waals surface area contributed by atoms with Crippen molar-refractivity contribution in [2.75, 3.05) is 13.1 Å². The van der Waals surface area contributed by atoms with Crippen LogP contribution in [0.1, 0.15) is 53.3 Å². The highest BCUT2D eigenvalue weighted by Crippen LogP contribution is 2.38. The molecule has 2 fully saturated rings. The number of rotatable bonds is 4. The van der Waals surface area contributed by atoms with Gasteiger partial charge in [-0.25, -0.2) is 4.68 Å². The smallest absolute Gasteiger partial charge is 0.339 e. The maximum atomic E-state index is 12.6. The first kappa shape index (κ1) is 19.6. The Morgan fingerprint density at radius 1 is 1.07 bits per heavy atom. The second kappa shape index (κ2) is 7.61. The van der Waals surface area contributed by atoms with Crippen molar-refractivity contribution in [2.45, 2.75) is 44.3 Å². The fraction of sp³-hybridized carbons (Fsp3) is 0.500. The minimum atomic E-state index is -4.52. The first-order valence-corrected chi connectivity index (χ1v) is 9.72. The van der Waals surface area contributed by atoms with E-state index in [1.54, 1.807) is 17.0 Å². The molecule has 6 nitrogen and oxygen atoms in total. The Morgan fingerprint density at radius 3 is 2.38 bits per heavy atom. The van der Waals surface area contributed by atoms with Crippen molar-refractivity contribution < 1.29 is 18.0 Å². The van der Waals surface area contributed by atoms with Crippen LogP contribution in [0.15, 0.2) is 35.3 Å². The second-order valence-corrected chi connectivity index (χ2v) is 7.72. The first-order chi connectivity index (χ1) is 13.8. The fourth-order valence-corrected chi connectivity index (χ4v) is 3.63. The van der Waals surface area contributed by atoms with Crippen LogP contribution in [-0.4, -0.2) is 38.7 Å². The second-order valence-electron chi connectivity index (χ2n) is 7.72. The SMILES string of the molecule is O=C(c1ccc(C(F)(F)F)nc1)N1CCC(Cn2nc(C3CC3)ccc2=O)CC1. The molecule has 0 unspecified atom stereocenters. The van der Waals surface area contributed by atoms with Crippen LogP contribution < -0.4 is 5.56 Å². The van der Waals surface area contributed by atoms with Gasteiger partial charge in [-0.1, -0.05) is 0 Å². The predicted molar refractivity (Wildman–Crippen MR) is 98.3 cm³/mol. The summed E-state index contributed by atoms with van der Waals surface area (Å²) in [5.74, 6) is 0.374. The summed E-state index contributed by atoms with van der Waals surface area (Å²) >= 11 is 0. The summed E-state index contributed by atoms with van der Waals surface area (Å²) in [6.07, 6.45) is 0.102. The maximum absolute atomic E-state index is 12.6. The summed E-state index contributed by atoms with van der Waals surface area (Å²) in [5.41, 5.74) is -0.0265. The van der Waals surface area contributed by atoms with E-state index in [-0.39, 0.29) is 22.9 Å². The first-order valence-electron chi connectivity index (χ1n) is 9.72. The monoisotopic (exact) mass is 406 g/mol. The number of piperidine rings is 1. The van der Waals surface area contributed by atoms with E-state index in [1.807, 2.05) is 0 Å². The number of halogens is 3. The van der Waals surface area contributed by atoms with E-state index in [0.717, 1.165) is 36.9 Å². The molecule has 2 aliphatic rings. The van der Waals surface area contributed by atoms with Gasteiger partial charge in [0, 0.05) is 37.8 Å². The molecule has 4 rings (SSSR count). The Bertz CT molecular complexity index is 943. The summed E-state index contributed by atoms with van der Waals surface area (Å²) in [7, 11) is 0. The standard InChI is InChI=1S/C20H21F3N4O2/c21-20(22,23)17-5-3-15(11-24-17)19(29)26-9-7-13(8-10-26)12-27-18(28)6-4-16(25-27)14-1-2-14/h3-6,11,13-14H,1-2,7-10,12H2. The number of carbonyl (C=O) groups is 1. The lowest BCUT2D eigenvalue weighted by Gasteiger charge is -2.32. The molecule has 1 saturated carbocycles. The normalized spacial score (nSPS) is 18.1. The van der Waals surface area contributed by atoms with Crippen LogP contribution >= 0.6 is 0 Å². The Balaban J connectivity index is 1.35. The highest BCUT2D eigenvalue weighted by atomic mass is 19.4. The van der Waals surface area contributed by atoms with Gasteiger partial charge in [-0.15, -0.1) is 0 Å². The summed E-state index contributed by atoms with van der Waals surface area (Å²) in [6.45, 7) is 1.49. The molecule has 0 N–H and O–H groups in total. The molecule has 1 aliphatic carbocycles. The molecule has 0 aromatic carbocycles. The third-order valence-electron chi connectivity index (χ3n) is 5.52. The van der Waals surface area contributed by atoms with Gasteiger partial charge in [-0.3, -0.25) is 14.6 Å². The van der Waals surface area contributed by atoms with Crippen molar-refractivity contribution in [3.8, 4) is 0 Å². The summed E-state index contributed by atoms with van der Waals surface area (Å²) in [5, 5.41) is 4.48. The average molecular weight is 406 g/mol. The zero-order valence-corrected chi connectivity index (χ0v) is 15.7. The van der Waals surface area contributed by atoms with Crippen molar-refractivity contribution in [1.82, 2.24) is 19.7 Å². The molecule has 2 aromatic rings. The van der Waals surface area contributed by atoms with Crippen LogP contribution in [0, 0.1) is 5.92 Å². The Kier molecular flexibility index (Phi) is 5.14. The van der Waals surface area contributed by atoms with Gasteiger partial charge in [0.1, 0.15) is 5.69 Å². The van der Waals surface area contributed by atoms with Crippen LogP contribution in [0.5, 0.6) is 0 Å². The van der Waals surface area contributed by atoms with Gasteiger partial charge in [-0.05, 0) is 49.8 Å². The number of carbonyl (C=O) groups excluding carboxylic acids is 1. The van der Waals surface area contributed by atoms with Crippen LogP contribution in [0.3, 0.4) is 0 Å². The summed E-state index contributed by atoms with van der Waals surface area (Å²) in [6, 6.07) is 5.36. The number of pyridine rings is 1. The molecule has 1 saturated heterocycles. The predicted octanol–water partition coefficient (Wildman–Crippen LogP) is 3.09. The van der Waals surface area contributed by atoms with Gasteiger partial charge in [0.25, 0.3) is 11.5 Å². The lowest BCUT2D eigenvalue weighted by atomic mass is 9.96. The topological polar surface area (TPSA) is 68.1 Å². The summed E-state index contributed by atoms with van der Waals surface area (Å²) in [4.78, 5) is 29.6. The third kappa shape index (κ3) is 4.49. The molecule has 0 bridgehead atoms. The van der Waals surface area contributed by atoms with Crippen molar-refractivity contribution in [2.24, 2.45) is 5.92 Å². The van der Waals surface area contributed by atoms with Crippen molar-refractivity contribution in [3.05, 3.63) is 57.8 Å². The molecule has 1 amide bonds. The van der Waals surface area contributed by atoms with E-state index in [0.29, 0.717) is 38.4 Å². The zero-order valence-electron chi connectivity index (χ0n) is 15.7. The lowest BCUT2D eigenvalue weighted by molar-refractivity contribution is -0.141. The van der Waals surface area contributed by atoms with Gasteiger partial charge < -0.3 is 4.90 Å². The highest BCUT2D eigenvalue weighted by Gasteiger charge is 2.33. The molecule has 0 radical (unpaired) electrons. The number of likely N-dealkylation sites (tertiary alicyclic amines) is 1. The quantitative estimate of drug-likeness (QED) is 0.783. The molecule has 3 heterocycles. The van der Waals surface area contributed by atoms with E-state index in [4.69, 9.17) is 0 Å². The molecular formula is C20H21F3N4O2. The largest absolute Gasteiger partial charge is 0.433 e. The average Bonchev–Trinajstić information content (AvgIpc) is 3.54. The van der Waals surface area contributed by atoms with E-state index in [2.05, 4.69) is 10.1 Å². The maximum Gasteiger partial charge on any atom is 0.433 e. The van der Waals surface area contributed by atoms with E-state index in [9.17, 15) is 22.8 Å². The fourth-order valence-electron chi connectivity index (χ4n) is 3.63. The summed E-state index contributed by atoms with van der Waals surface area (Å²) < 4.78 is 39.4. The van der Waals surface area contributed by atoms with Gasteiger partial charge >= 0.3 is 6.18 Å². The molecule has 9 heteroatoms. The Labute approximate surface area is 165 Å². The molecule has 0 spiro atoms. The Morgan fingerprint density at radius 2 is 1.79 bits per heavy atom. The minimum absolute atomic E-state index is 0.122. The van der Waals surface area contributed by atoms with Crippen molar-refractivity contribution >= 4 is 5.91 Å². The van der Waals surface area contributed by atoms with Crippen LogP contribution in [0.4, 0.5) is 13.2 Å². The zero-order chi connectivity index (χ0) is 20.6. The van der Waals surface area contributed by atoms with Crippen molar-refractivity contribution in [3.63, 3.8) is 0 Å². The molecule has 29 heavy (non-hydrogen) atoms. The molecule has 0 atom stereocenters. The Hall–Kier alpha value is -2.71. The van der Waals surface area contributed by atoms with E-state index >= 15 is 0 Å². The van der Waals surface area contributed by atoms with Gasteiger partial charge in [0.2, 0.25) is 0 Å². The number of amides is 1. The minimum Gasteiger partial charge on any atom is -0.339 e. The molecule has 154 valence electrons. The number of hydrogen-bond acceptors (Lipinski definition) is 4. The highest BCUT2D eigenvalue weighted by molar-refractivity contribution is 5.94. The third-order valence-corrected chi connectivity index (χ3v) is 5.52. The van der Waals surface area contributed by atoms with E-state index in [1.165, 1.54) is 4.68 Å². The van der Waals surface area contributed by atoms with Crippen molar-refractivity contribution in [1.29, 1.82) is 0 Å². The number of aromatic nitrogens is 3. The number of nitrogens with zero attached hydrogens (tertiary/aromatic N) is 4. The molecular weight excluding hydrogens is 385 g/mol. The van der Waals surface area contributed by atoms with Gasteiger partial charge in [0.05, 0.1) is 11.3 Å². The number of alkyl halides is 3. The van der Waals surface area contributed by atoms with Crippen LogP contribution in [0.2, 0.25) is 0 Å². The molecule has 1 aliphatic heterocycles. The molecule has 2 aromatic heterocycles. The lowest BCUT2D eigenvalue weighted by Crippen LogP contribution is -2.40. The van der Waals surface area contributed by atoms with Gasteiger partial charge in [0.15, 0.2) is 0 Å². The van der Waals surface area contributed by atoms with Gasteiger partial charge in [-0.2, -0.15) is 18.3 Å². The van der Waals surface area contributed by atoms with E-state index < -0.39 is 11.9 Å². The number of hydrogen-bond donors (Lipinski definition) is 0. The van der Waals surface area contributed by atoms with Crippen LogP contribution in [0.25, 0.3) is 0 Å².